The highest BCUT2D eigenvalue weighted by molar-refractivity contribution is 6.35. The van der Waals surface area contributed by atoms with E-state index in [1.807, 2.05) is 25.1 Å². The van der Waals surface area contributed by atoms with Crippen LogP contribution in [0.1, 0.15) is 16.1 Å². The molecule has 2 aromatic heterocycles. The third-order valence-corrected chi connectivity index (χ3v) is 4.36. The number of carbonyl (C=O) groups is 1. The molecule has 0 bridgehead atoms. The van der Waals surface area contributed by atoms with Crippen LogP contribution in [0, 0.1) is 6.92 Å². The van der Waals surface area contributed by atoms with Crippen LogP contribution in [0.15, 0.2) is 40.8 Å². The molecule has 0 radical (unpaired) electrons. The number of carbonyl (C=O) groups excluding carboxylic acids is 1. The third kappa shape index (κ3) is 2.17. The summed E-state index contributed by atoms with van der Waals surface area (Å²) in [6.07, 6.45) is 0. The lowest BCUT2D eigenvalue weighted by Crippen LogP contribution is -2.12. The van der Waals surface area contributed by atoms with Crippen LogP contribution in [0.4, 0.5) is 0 Å². The van der Waals surface area contributed by atoms with Gasteiger partial charge in [-0.25, -0.2) is 4.68 Å². The van der Waals surface area contributed by atoms with Gasteiger partial charge >= 0.3 is 0 Å². The van der Waals surface area contributed by atoms with E-state index in [-0.39, 0.29) is 5.69 Å². The van der Waals surface area contributed by atoms with Gasteiger partial charge in [0, 0.05) is 10.4 Å². The molecule has 120 valence electrons. The maximum absolute atomic E-state index is 11.8. The SMILES string of the molecule is Cc1ccc2c(c1)oc1c(C(N)=O)nn(-c3ccc(Cl)cc3Cl)c12. The predicted octanol–water partition coefficient (Wildman–Crippen LogP) is 4.49. The number of aryl methyl sites for hydroxylation is 1. The van der Waals surface area contributed by atoms with Crippen molar-refractivity contribution in [3.63, 3.8) is 0 Å². The molecular weight excluding hydrogens is 349 g/mol. The van der Waals surface area contributed by atoms with E-state index in [1.54, 1.807) is 22.9 Å². The zero-order chi connectivity index (χ0) is 17.0. The van der Waals surface area contributed by atoms with Crippen LogP contribution in [0.25, 0.3) is 27.8 Å². The zero-order valence-electron chi connectivity index (χ0n) is 12.5. The summed E-state index contributed by atoms with van der Waals surface area (Å²) in [6, 6.07) is 10.8. The van der Waals surface area contributed by atoms with Gasteiger partial charge in [-0.2, -0.15) is 5.10 Å². The normalized spacial score (nSPS) is 11.5. The number of furan rings is 1. The van der Waals surface area contributed by atoms with Crippen molar-refractivity contribution in [2.24, 2.45) is 5.73 Å². The Bertz CT molecular complexity index is 1130. The molecule has 0 aliphatic heterocycles. The van der Waals surface area contributed by atoms with Crippen LogP contribution < -0.4 is 5.73 Å². The van der Waals surface area contributed by atoms with Crippen molar-refractivity contribution < 1.29 is 9.21 Å². The average molecular weight is 360 g/mol. The Labute approximate surface area is 146 Å². The monoisotopic (exact) mass is 359 g/mol. The molecule has 4 rings (SSSR count). The number of nitrogens with zero attached hydrogens (tertiary/aromatic N) is 2. The molecule has 0 atom stereocenters. The molecule has 5 nitrogen and oxygen atoms in total. The molecule has 0 saturated carbocycles. The Balaban J connectivity index is 2.15. The van der Waals surface area contributed by atoms with Crippen LogP contribution in [0.3, 0.4) is 0 Å². The van der Waals surface area contributed by atoms with E-state index in [4.69, 9.17) is 33.4 Å². The summed E-state index contributed by atoms with van der Waals surface area (Å²) in [6.45, 7) is 1.96. The van der Waals surface area contributed by atoms with Crippen LogP contribution in [0.5, 0.6) is 0 Å². The number of fused-ring (bicyclic) bond motifs is 3. The number of rotatable bonds is 2. The molecule has 7 heteroatoms. The molecule has 0 aliphatic carbocycles. The number of primary amides is 1. The van der Waals surface area contributed by atoms with E-state index in [0.717, 1.165) is 10.9 Å². The summed E-state index contributed by atoms with van der Waals surface area (Å²) in [4.78, 5) is 11.8. The number of halogens is 2. The van der Waals surface area contributed by atoms with Crippen molar-refractivity contribution in [2.45, 2.75) is 6.92 Å². The first-order valence-electron chi connectivity index (χ1n) is 7.13. The van der Waals surface area contributed by atoms with Crippen molar-refractivity contribution >= 4 is 51.2 Å². The molecular formula is C17H11Cl2N3O2. The van der Waals surface area contributed by atoms with Gasteiger partial charge in [0.1, 0.15) is 11.1 Å². The second kappa shape index (κ2) is 5.26. The molecule has 0 unspecified atom stereocenters. The summed E-state index contributed by atoms with van der Waals surface area (Å²) in [5, 5.41) is 6.04. The number of amides is 1. The minimum Gasteiger partial charge on any atom is -0.452 e. The second-order valence-corrected chi connectivity index (χ2v) is 6.34. The highest BCUT2D eigenvalue weighted by Gasteiger charge is 2.23. The summed E-state index contributed by atoms with van der Waals surface area (Å²) in [5.41, 5.74) is 8.79. The number of nitrogens with two attached hydrogens (primary N) is 1. The third-order valence-electron chi connectivity index (χ3n) is 3.82. The number of benzene rings is 2. The van der Waals surface area contributed by atoms with E-state index < -0.39 is 5.91 Å². The summed E-state index contributed by atoms with van der Waals surface area (Å²) >= 11 is 12.3. The topological polar surface area (TPSA) is 74.1 Å². The quantitative estimate of drug-likeness (QED) is 0.573. The molecule has 24 heavy (non-hydrogen) atoms. The predicted molar refractivity (Wildman–Crippen MR) is 94.1 cm³/mol. The minimum absolute atomic E-state index is 0.0601. The lowest BCUT2D eigenvalue weighted by atomic mass is 10.2. The summed E-state index contributed by atoms with van der Waals surface area (Å²) < 4.78 is 7.40. The largest absolute Gasteiger partial charge is 0.452 e. The first kappa shape index (κ1) is 15.1. The fraction of sp³-hybridized carbons (Fsp3) is 0.0588. The number of hydrogen-bond acceptors (Lipinski definition) is 3. The molecule has 0 fully saturated rings. The molecule has 2 N–H and O–H groups in total. The average Bonchev–Trinajstić information content (AvgIpc) is 3.03. The molecule has 2 heterocycles. The van der Waals surface area contributed by atoms with E-state index >= 15 is 0 Å². The Morgan fingerprint density at radius 3 is 2.71 bits per heavy atom. The molecule has 2 aromatic carbocycles. The van der Waals surface area contributed by atoms with E-state index in [2.05, 4.69) is 5.10 Å². The van der Waals surface area contributed by atoms with Gasteiger partial charge in [-0.15, -0.1) is 0 Å². The molecule has 0 spiro atoms. The van der Waals surface area contributed by atoms with E-state index in [1.165, 1.54) is 0 Å². The fourth-order valence-electron chi connectivity index (χ4n) is 2.74. The molecule has 0 aliphatic rings. The Morgan fingerprint density at radius 1 is 1.21 bits per heavy atom. The first-order valence-corrected chi connectivity index (χ1v) is 7.88. The van der Waals surface area contributed by atoms with Crippen molar-refractivity contribution in [3.05, 3.63) is 57.7 Å². The maximum atomic E-state index is 11.8. The standard InChI is InChI=1S/C17H11Cl2N3O2/c1-8-2-4-10-13(6-8)24-16-14(17(20)23)21-22(15(10)16)12-5-3-9(18)7-11(12)19/h2-7H,1H3,(H2,20,23). The Hall–Kier alpha value is -2.50. The van der Waals surface area contributed by atoms with Gasteiger partial charge in [-0.05, 0) is 42.8 Å². The fourth-order valence-corrected chi connectivity index (χ4v) is 3.23. The number of aromatic nitrogens is 2. The van der Waals surface area contributed by atoms with Gasteiger partial charge < -0.3 is 10.2 Å². The van der Waals surface area contributed by atoms with Crippen LogP contribution in [0.2, 0.25) is 10.0 Å². The van der Waals surface area contributed by atoms with Crippen LogP contribution in [-0.2, 0) is 0 Å². The lowest BCUT2D eigenvalue weighted by molar-refractivity contribution is 0.0996. The van der Waals surface area contributed by atoms with Crippen LogP contribution >= 0.6 is 23.2 Å². The molecule has 4 aromatic rings. The molecule has 1 amide bonds. The van der Waals surface area contributed by atoms with Gasteiger partial charge in [-0.3, -0.25) is 4.79 Å². The summed E-state index contributed by atoms with van der Waals surface area (Å²) in [5.74, 6) is -0.667. The van der Waals surface area contributed by atoms with E-state index in [0.29, 0.717) is 32.4 Å². The van der Waals surface area contributed by atoms with Crippen molar-refractivity contribution in [1.29, 1.82) is 0 Å². The second-order valence-electron chi connectivity index (χ2n) is 5.50. The van der Waals surface area contributed by atoms with Gasteiger partial charge in [0.25, 0.3) is 5.91 Å². The van der Waals surface area contributed by atoms with Gasteiger partial charge in [0.2, 0.25) is 0 Å². The highest BCUT2D eigenvalue weighted by Crippen LogP contribution is 2.35. The smallest absolute Gasteiger partial charge is 0.273 e. The van der Waals surface area contributed by atoms with Gasteiger partial charge in [-0.1, -0.05) is 29.3 Å². The minimum atomic E-state index is -0.667. The lowest BCUT2D eigenvalue weighted by Gasteiger charge is -2.06. The van der Waals surface area contributed by atoms with Crippen LogP contribution in [-0.4, -0.2) is 15.7 Å². The van der Waals surface area contributed by atoms with Crippen molar-refractivity contribution in [1.82, 2.24) is 9.78 Å². The zero-order valence-corrected chi connectivity index (χ0v) is 14.0. The highest BCUT2D eigenvalue weighted by atomic mass is 35.5. The number of hydrogen-bond donors (Lipinski definition) is 1. The Kier molecular flexibility index (Phi) is 3.30. The van der Waals surface area contributed by atoms with Gasteiger partial charge in [0.15, 0.2) is 11.3 Å². The van der Waals surface area contributed by atoms with Crippen molar-refractivity contribution in [2.75, 3.05) is 0 Å². The first-order chi connectivity index (χ1) is 11.5. The van der Waals surface area contributed by atoms with Gasteiger partial charge in [0.05, 0.1) is 10.7 Å². The maximum Gasteiger partial charge on any atom is 0.273 e. The molecule has 0 saturated heterocycles. The van der Waals surface area contributed by atoms with E-state index in [9.17, 15) is 4.79 Å². The Morgan fingerprint density at radius 2 is 2.00 bits per heavy atom. The van der Waals surface area contributed by atoms with Crippen molar-refractivity contribution in [3.8, 4) is 5.69 Å². The summed E-state index contributed by atoms with van der Waals surface area (Å²) in [7, 11) is 0.